The zero-order valence-corrected chi connectivity index (χ0v) is 16.8. The molecule has 148 valence electrons. The average molecular weight is 416 g/mol. The minimum absolute atomic E-state index is 0.0517. The molecule has 1 aromatic carbocycles. The van der Waals surface area contributed by atoms with Gasteiger partial charge in [-0.2, -0.15) is 0 Å². The van der Waals surface area contributed by atoms with E-state index in [1.807, 2.05) is 0 Å². The van der Waals surface area contributed by atoms with Crippen LogP contribution in [-0.4, -0.2) is 62.5 Å². The zero-order valence-electron chi connectivity index (χ0n) is 15.2. The van der Waals surface area contributed by atoms with E-state index in [2.05, 4.69) is 0 Å². The molecule has 1 aromatic rings. The van der Waals surface area contributed by atoms with Crippen LogP contribution in [0, 0.1) is 5.92 Å². The van der Waals surface area contributed by atoms with Gasteiger partial charge in [0.15, 0.2) is 15.9 Å². The summed E-state index contributed by atoms with van der Waals surface area (Å²) >= 11 is 5.98. The van der Waals surface area contributed by atoms with Crippen LogP contribution >= 0.6 is 11.6 Å². The maximum absolute atomic E-state index is 12.5. The van der Waals surface area contributed by atoms with Crippen molar-refractivity contribution in [1.29, 1.82) is 0 Å². The van der Waals surface area contributed by atoms with Crippen molar-refractivity contribution in [2.75, 3.05) is 25.2 Å². The van der Waals surface area contributed by atoms with Crippen molar-refractivity contribution in [1.82, 2.24) is 4.90 Å². The highest BCUT2D eigenvalue weighted by molar-refractivity contribution is 7.91. The third kappa shape index (κ3) is 4.55. The number of benzene rings is 1. The zero-order chi connectivity index (χ0) is 19.8. The van der Waals surface area contributed by atoms with Crippen LogP contribution in [0.15, 0.2) is 18.2 Å². The number of likely N-dealkylation sites (N-methyl/N-ethyl adjacent to an activating group) is 1. The number of sulfone groups is 1. The summed E-state index contributed by atoms with van der Waals surface area (Å²) in [6.45, 7) is 1.67. The van der Waals surface area contributed by atoms with Gasteiger partial charge in [0.2, 0.25) is 0 Å². The van der Waals surface area contributed by atoms with Gasteiger partial charge < -0.3 is 14.4 Å². The lowest BCUT2D eigenvalue weighted by atomic mass is 9.97. The number of fused-ring (bicyclic) bond motifs is 1. The highest BCUT2D eigenvalue weighted by atomic mass is 35.5. The van der Waals surface area contributed by atoms with Crippen molar-refractivity contribution in [2.45, 2.75) is 31.9 Å². The quantitative estimate of drug-likeness (QED) is 0.692. The SMILES string of the molecule is C[C@H](OC(=O)[C@H]1COc2ccc(Cl)cc2C1)C(=O)N(C)[C@@H]1CCS(=O)(=O)C1. The van der Waals surface area contributed by atoms with Crippen LogP contribution < -0.4 is 4.74 Å². The van der Waals surface area contributed by atoms with Gasteiger partial charge in [-0.1, -0.05) is 11.6 Å². The molecule has 1 saturated heterocycles. The summed E-state index contributed by atoms with van der Waals surface area (Å²) in [6, 6.07) is 4.85. The minimum Gasteiger partial charge on any atom is -0.492 e. The smallest absolute Gasteiger partial charge is 0.313 e. The molecule has 0 N–H and O–H groups in total. The topological polar surface area (TPSA) is 90.0 Å². The molecule has 0 bridgehead atoms. The van der Waals surface area contributed by atoms with E-state index in [0.717, 1.165) is 5.56 Å². The lowest BCUT2D eigenvalue weighted by molar-refractivity contribution is -0.163. The Balaban J connectivity index is 1.58. The van der Waals surface area contributed by atoms with E-state index in [-0.39, 0.29) is 24.2 Å². The fourth-order valence-electron chi connectivity index (χ4n) is 3.38. The second-order valence-corrected chi connectivity index (χ2v) is 9.71. The van der Waals surface area contributed by atoms with E-state index in [1.54, 1.807) is 25.2 Å². The fraction of sp³-hybridized carbons (Fsp3) is 0.556. The molecule has 2 heterocycles. The molecule has 2 aliphatic heterocycles. The number of nitrogens with zero attached hydrogens (tertiary/aromatic N) is 1. The molecule has 0 aromatic heterocycles. The fourth-order valence-corrected chi connectivity index (χ4v) is 5.35. The molecule has 3 rings (SSSR count). The first-order chi connectivity index (χ1) is 12.7. The van der Waals surface area contributed by atoms with Gasteiger partial charge in [0.1, 0.15) is 12.4 Å². The van der Waals surface area contributed by atoms with Crippen LogP contribution in [-0.2, 0) is 30.6 Å². The predicted octanol–water partition coefficient (Wildman–Crippen LogP) is 1.47. The van der Waals surface area contributed by atoms with Gasteiger partial charge in [0.25, 0.3) is 5.91 Å². The number of ether oxygens (including phenoxy) is 2. The second kappa shape index (κ2) is 7.67. The Morgan fingerprint density at radius 3 is 2.78 bits per heavy atom. The number of rotatable bonds is 4. The van der Waals surface area contributed by atoms with Gasteiger partial charge in [-0.05, 0) is 43.5 Å². The van der Waals surface area contributed by atoms with Crippen molar-refractivity contribution in [3.63, 3.8) is 0 Å². The van der Waals surface area contributed by atoms with Crippen molar-refractivity contribution in [3.8, 4) is 5.75 Å². The largest absolute Gasteiger partial charge is 0.492 e. The molecule has 3 atom stereocenters. The Morgan fingerprint density at radius 1 is 1.37 bits per heavy atom. The van der Waals surface area contributed by atoms with Gasteiger partial charge in [-0.15, -0.1) is 0 Å². The van der Waals surface area contributed by atoms with Crippen molar-refractivity contribution >= 4 is 33.3 Å². The van der Waals surface area contributed by atoms with E-state index < -0.39 is 33.7 Å². The summed E-state index contributed by atoms with van der Waals surface area (Å²) in [6.07, 6.45) is -0.169. The first-order valence-corrected chi connectivity index (χ1v) is 10.9. The van der Waals surface area contributed by atoms with E-state index in [0.29, 0.717) is 23.6 Å². The Morgan fingerprint density at radius 2 is 2.11 bits per heavy atom. The Bertz CT molecular complexity index is 855. The molecule has 0 radical (unpaired) electrons. The first kappa shape index (κ1) is 19.9. The Hall–Kier alpha value is -1.80. The lowest BCUT2D eigenvalue weighted by Gasteiger charge is -2.28. The summed E-state index contributed by atoms with van der Waals surface area (Å²) in [5.41, 5.74) is 0.822. The maximum Gasteiger partial charge on any atom is 0.313 e. The van der Waals surface area contributed by atoms with E-state index in [1.165, 1.54) is 11.8 Å². The molecule has 7 nitrogen and oxygen atoms in total. The lowest BCUT2D eigenvalue weighted by Crippen LogP contribution is -2.45. The Kier molecular flexibility index (Phi) is 5.67. The number of carbonyl (C=O) groups is 2. The molecule has 0 aliphatic carbocycles. The monoisotopic (exact) mass is 415 g/mol. The predicted molar refractivity (Wildman–Crippen MR) is 99.5 cm³/mol. The molecule has 2 aliphatic rings. The highest BCUT2D eigenvalue weighted by Gasteiger charge is 2.36. The molecular formula is C18H22ClNO6S. The summed E-state index contributed by atoms with van der Waals surface area (Å²) in [7, 11) is -1.56. The standard InChI is InChI=1S/C18H22ClNO6S/c1-11(17(21)20(2)15-5-6-27(23,24)10-15)26-18(22)13-7-12-8-14(19)3-4-16(12)25-9-13/h3-4,8,11,13,15H,5-7,9-10H2,1-2H3/t11-,13+,15+/m0/s1. The van der Waals surface area contributed by atoms with Crippen molar-refractivity contribution in [3.05, 3.63) is 28.8 Å². The maximum atomic E-state index is 12.5. The summed E-state index contributed by atoms with van der Waals surface area (Å²) in [4.78, 5) is 26.3. The first-order valence-electron chi connectivity index (χ1n) is 8.75. The van der Waals surface area contributed by atoms with Crippen molar-refractivity contribution < 1.29 is 27.5 Å². The van der Waals surface area contributed by atoms with E-state index >= 15 is 0 Å². The summed E-state index contributed by atoms with van der Waals surface area (Å²) in [5, 5.41) is 0.558. The number of esters is 1. The molecule has 0 spiro atoms. The molecule has 27 heavy (non-hydrogen) atoms. The van der Waals surface area contributed by atoms with Gasteiger partial charge in [-0.3, -0.25) is 9.59 Å². The average Bonchev–Trinajstić information content (AvgIpc) is 2.99. The number of hydrogen-bond acceptors (Lipinski definition) is 6. The third-order valence-corrected chi connectivity index (χ3v) is 6.99. The third-order valence-electron chi connectivity index (χ3n) is 5.01. The highest BCUT2D eigenvalue weighted by Crippen LogP contribution is 2.30. The van der Waals surface area contributed by atoms with Crippen LogP contribution in [0.2, 0.25) is 5.02 Å². The second-order valence-electron chi connectivity index (χ2n) is 7.05. The van der Waals surface area contributed by atoms with Crippen molar-refractivity contribution in [2.24, 2.45) is 5.92 Å². The number of amides is 1. The van der Waals surface area contributed by atoms with Gasteiger partial charge in [-0.25, -0.2) is 8.42 Å². The number of hydrogen-bond donors (Lipinski definition) is 0. The van der Waals surface area contributed by atoms with Crippen LogP contribution in [0.4, 0.5) is 0 Å². The van der Waals surface area contributed by atoms with Crippen LogP contribution in [0.5, 0.6) is 5.75 Å². The number of halogens is 1. The van der Waals surface area contributed by atoms with Crippen LogP contribution in [0.1, 0.15) is 18.9 Å². The molecule has 9 heteroatoms. The number of carbonyl (C=O) groups excluding carboxylic acids is 2. The molecular weight excluding hydrogens is 394 g/mol. The summed E-state index contributed by atoms with van der Waals surface area (Å²) < 4.78 is 34.1. The van der Waals surface area contributed by atoms with Crippen LogP contribution in [0.25, 0.3) is 0 Å². The molecule has 1 fully saturated rings. The van der Waals surface area contributed by atoms with Gasteiger partial charge >= 0.3 is 5.97 Å². The van der Waals surface area contributed by atoms with Gasteiger partial charge in [0, 0.05) is 18.1 Å². The van der Waals surface area contributed by atoms with Crippen LogP contribution in [0.3, 0.4) is 0 Å². The molecule has 1 amide bonds. The molecule has 0 saturated carbocycles. The Labute approximate surface area is 163 Å². The summed E-state index contributed by atoms with van der Waals surface area (Å²) in [5.74, 6) is -0.743. The minimum atomic E-state index is -3.10. The normalized spacial score (nSPS) is 24.4. The van der Waals surface area contributed by atoms with Gasteiger partial charge in [0.05, 0.1) is 17.4 Å². The molecule has 0 unspecified atom stereocenters. The van der Waals surface area contributed by atoms with E-state index in [4.69, 9.17) is 21.1 Å². The van der Waals surface area contributed by atoms with E-state index in [9.17, 15) is 18.0 Å².